The number of para-hydroxylation sites is 1. The summed E-state index contributed by atoms with van der Waals surface area (Å²) in [7, 11) is 1.63. The molecule has 10 heteroatoms. The van der Waals surface area contributed by atoms with Gasteiger partial charge in [-0.05, 0) is 73.1 Å². The third kappa shape index (κ3) is 8.11. The van der Waals surface area contributed by atoms with Crippen molar-refractivity contribution in [1.29, 1.82) is 0 Å². The number of carboxylic acid groups (broad SMARTS) is 1. The molecule has 0 spiro atoms. The van der Waals surface area contributed by atoms with Gasteiger partial charge in [0.25, 0.3) is 0 Å². The summed E-state index contributed by atoms with van der Waals surface area (Å²) in [5, 5.41) is 14.0. The lowest BCUT2D eigenvalue weighted by molar-refractivity contribution is -0.143. The van der Waals surface area contributed by atoms with Gasteiger partial charge in [0.1, 0.15) is 12.4 Å². The first kappa shape index (κ1) is 35.2. The second kappa shape index (κ2) is 16.8. The van der Waals surface area contributed by atoms with Gasteiger partial charge in [0.05, 0.1) is 32.3 Å². The number of benzene rings is 2. The minimum atomic E-state index is -0.893. The molecule has 48 heavy (non-hydrogen) atoms. The fraction of sp³-hybridized carbons (Fsp3) is 0.474. The first-order valence-corrected chi connectivity index (χ1v) is 16.9. The van der Waals surface area contributed by atoms with E-state index in [0.717, 1.165) is 46.5 Å². The molecule has 0 aromatic heterocycles. The number of rotatable bonds is 16. The summed E-state index contributed by atoms with van der Waals surface area (Å²) in [5.74, 6) is -0.363. The number of ether oxygens (including phenoxy) is 5. The van der Waals surface area contributed by atoms with Crippen molar-refractivity contribution in [3.8, 4) is 11.5 Å². The first-order chi connectivity index (χ1) is 23.4. The normalized spacial score (nSPS) is 21.9. The van der Waals surface area contributed by atoms with Crippen LogP contribution in [0.1, 0.15) is 55.4 Å². The van der Waals surface area contributed by atoms with Gasteiger partial charge in [0, 0.05) is 36.9 Å². The maximum atomic E-state index is 13.8. The van der Waals surface area contributed by atoms with E-state index < -0.39 is 17.9 Å². The van der Waals surface area contributed by atoms with Crippen LogP contribution >= 0.6 is 0 Å². The van der Waals surface area contributed by atoms with Gasteiger partial charge < -0.3 is 34.1 Å². The zero-order valence-electron chi connectivity index (χ0n) is 28.4. The number of nitrogens with zero attached hydrogens (tertiary/aromatic N) is 1. The maximum absolute atomic E-state index is 13.8. The number of amides is 1. The molecule has 2 aromatic carbocycles. The summed E-state index contributed by atoms with van der Waals surface area (Å²) in [6.07, 6.45) is 12.0. The highest BCUT2D eigenvalue weighted by Crippen LogP contribution is 2.46. The number of hydrogen-bond acceptors (Lipinski definition) is 8. The van der Waals surface area contributed by atoms with E-state index in [1.54, 1.807) is 7.11 Å². The Morgan fingerprint density at radius 2 is 1.85 bits per heavy atom. The van der Waals surface area contributed by atoms with Crippen LogP contribution in [-0.2, 0) is 36.6 Å². The Bertz CT molecular complexity index is 1510. The SMILES string of the molecule is C/C=C/c1cc([C@H]2CN(CC(=O)Nc3c(CC)cccc3CC)[C@@H](C3C=CC(OCCOCCOC)=CC3)[C@@H]2C(=O)O)cc2c1OCO2. The summed E-state index contributed by atoms with van der Waals surface area (Å²) in [6.45, 7) is 8.53. The number of carbonyl (C=O) groups is 2. The number of aliphatic carboxylic acids is 1. The van der Waals surface area contributed by atoms with E-state index in [-0.39, 0.29) is 31.1 Å². The molecule has 2 N–H and O–H groups in total. The van der Waals surface area contributed by atoms with E-state index in [9.17, 15) is 14.7 Å². The van der Waals surface area contributed by atoms with Crippen molar-refractivity contribution < 1.29 is 38.4 Å². The second-order valence-electron chi connectivity index (χ2n) is 12.3. The average Bonchev–Trinajstić information content (AvgIpc) is 3.72. The second-order valence-corrected chi connectivity index (χ2v) is 12.3. The van der Waals surface area contributed by atoms with Crippen molar-refractivity contribution in [2.45, 2.75) is 52.0 Å². The molecule has 1 aliphatic carbocycles. The van der Waals surface area contributed by atoms with E-state index in [2.05, 4.69) is 24.1 Å². The van der Waals surface area contributed by atoms with Gasteiger partial charge in [-0.3, -0.25) is 14.5 Å². The fourth-order valence-electron chi connectivity index (χ4n) is 7.07. The summed E-state index contributed by atoms with van der Waals surface area (Å²) < 4.78 is 27.9. The molecule has 10 nitrogen and oxygen atoms in total. The Kier molecular flexibility index (Phi) is 12.3. The van der Waals surface area contributed by atoms with Crippen LogP contribution in [0.5, 0.6) is 11.5 Å². The number of fused-ring (bicyclic) bond motifs is 1. The number of aryl methyl sites for hydroxylation is 2. The lowest BCUT2D eigenvalue weighted by atomic mass is 9.78. The minimum absolute atomic E-state index is 0.0641. The van der Waals surface area contributed by atoms with Crippen LogP contribution in [0.2, 0.25) is 0 Å². The maximum Gasteiger partial charge on any atom is 0.308 e. The largest absolute Gasteiger partial charge is 0.492 e. The molecule has 2 aliphatic heterocycles. The van der Waals surface area contributed by atoms with Crippen LogP contribution in [0.25, 0.3) is 6.08 Å². The van der Waals surface area contributed by atoms with Crippen molar-refractivity contribution in [2.24, 2.45) is 11.8 Å². The Morgan fingerprint density at radius 3 is 2.52 bits per heavy atom. The van der Waals surface area contributed by atoms with Gasteiger partial charge in [-0.1, -0.05) is 50.3 Å². The first-order valence-electron chi connectivity index (χ1n) is 16.9. The number of hydrogen-bond donors (Lipinski definition) is 2. The van der Waals surface area contributed by atoms with Crippen molar-refractivity contribution in [1.82, 2.24) is 4.90 Å². The topological polar surface area (TPSA) is 116 Å². The number of anilines is 1. The van der Waals surface area contributed by atoms with E-state index in [1.807, 2.05) is 67.6 Å². The van der Waals surface area contributed by atoms with Gasteiger partial charge in [0.15, 0.2) is 11.5 Å². The van der Waals surface area contributed by atoms with Crippen molar-refractivity contribution >= 4 is 23.6 Å². The summed E-state index contributed by atoms with van der Waals surface area (Å²) >= 11 is 0. The molecule has 1 fully saturated rings. The highest BCUT2D eigenvalue weighted by atomic mass is 16.7. The van der Waals surface area contributed by atoms with E-state index in [1.165, 1.54) is 0 Å². The molecule has 0 radical (unpaired) electrons. The van der Waals surface area contributed by atoms with Gasteiger partial charge in [-0.2, -0.15) is 0 Å². The van der Waals surface area contributed by atoms with Crippen LogP contribution in [0.4, 0.5) is 5.69 Å². The zero-order chi connectivity index (χ0) is 34.0. The van der Waals surface area contributed by atoms with Crippen molar-refractivity contribution in [3.05, 3.63) is 82.6 Å². The van der Waals surface area contributed by atoms with Crippen LogP contribution < -0.4 is 14.8 Å². The molecule has 0 bridgehead atoms. The molecule has 0 saturated carbocycles. The van der Waals surface area contributed by atoms with Gasteiger partial charge in [0.2, 0.25) is 12.7 Å². The number of carboxylic acids is 1. The van der Waals surface area contributed by atoms with Crippen molar-refractivity contribution in [3.63, 3.8) is 0 Å². The Morgan fingerprint density at radius 1 is 1.08 bits per heavy atom. The van der Waals surface area contributed by atoms with Crippen molar-refractivity contribution in [2.75, 3.05) is 58.7 Å². The monoisotopic (exact) mass is 660 g/mol. The Hall–Kier alpha value is -4.12. The molecule has 1 unspecified atom stereocenters. The predicted octanol–water partition coefficient (Wildman–Crippen LogP) is 5.82. The van der Waals surface area contributed by atoms with Crippen LogP contribution in [0, 0.1) is 11.8 Å². The van der Waals surface area contributed by atoms with Crippen LogP contribution in [0.15, 0.2) is 60.4 Å². The van der Waals surface area contributed by atoms with Crippen LogP contribution in [0.3, 0.4) is 0 Å². The average molecular weight is 661 g/mol. The van der Waals surface area contributed by atoms with Crippen LogP contribution in [-0.4, -0.2) is 81.3 Å². The number of allylic oxidation sites excluding steroid dienone is 3. The number of likely N-dealkylation sites (tertiary alicyclic amines) is 1. The van der Waals surface area contributed by atoms with Gasteiger partial charge >= 0.3 is 5.97 Å². The molecule has 258 valence electrons. The molecule has 3 aliphatic rings. The highest BCUT2D eigenvalue weighted by molar-refractivity contribution is 5.94. The molecule has 2 aromatic rings. The molecule has 2 heterocycles. The lowest BCUT2D eigenvalue weighted by Crippen LogP contribution is -2.44. The third-order valence-electron chi connectivity index (χ3n) is 9.31. The summed E-state index contributed by atoms with van der Waals surface area (Å²) in [4.78, 5) is 29.0. The Labute approximate surface area is 283 Å². The molecule has 1 amide bonds. The van der Waals surface area contributed by atoms with E-state index in [0.29, 0.717) is 50.9 Å². The predicted molar refractivity (Wildman–Crippen MR) is 184 cm³/mol. The van der Waals surface area contributed by atoms with Gasteiger partial charge in [-0.25, -0.2) is 0 Å². The Balaban J connectivity index is 1.41. The van der Waals surface area contributed by atoms with E-state index >= 15 is 0 Å². The molecular weight excluding hydrogens is 612 g/mol. The fourth-order valence-corrected chi connectivity index (χ4v) is 7.07. The van der Waals surface area contributed by atoms with E-state index in [4.69, 9.17) is 23.7 Å². The standard InChI is InChI=1S/C38H48N2O8/c1-5-9-28-20-29(21-32-37(28)48-24-47-32)31-22-40(23-33(41)39-35-25(6-2)10-8-11-26(35)7-3)36(34(31)38(42)43)27-12-14-30(15-13-27)46-19-18-45-17-16-44-4/h5,8-12,14-15,20-21,27,31,34,36H,6-7,13,16-19,22-24H2,1-4H3,(H,39,41)(H,42,43)/b9-5+/t27?,31-,34-,36+/m1/s1. The summed E-state index contributed by atoms with van der Waals surface area (Å²) in [5.41, 5.74) is 4.71. The highest BCUT2D eigenvalue weighted by Gasteiger charge is 2.50. The van der Waals surface area contributed by atoms with Gasteiger partial charge in [-0.15, -0.1) is 0 Å². The molecule has 1 saturated heterocycles. The number of carbonyl (C=O) groups excluding carboxylic acids is 1. The quantitative estimate of drug-likeness (QED) is 0.215. The third-order valence-corrected chi connectivity index (χ3v) is 9.31. The summed E-state index contributed by atoms with van der Waals surface area (Å²) in [6, 6.07) is 9.56. The smallest absolute Gasteiger partial charge is 0.308 e. The lowest BCUT2D eigenvalue weighted by Gasteiger charge is -2.33. The number of methoxy groups -OCH3 is 1. The number of nitrogens with one attached hydrogen (secondary N) is 1. The minimum Gasteiger partial charge on any atom is -0.492 e. The molecule has 5 rings (SSSR count). The molecule has 4 atom stereocenters. The zero-order valence-corrected chi connectivity index (χ0v) is 28.4. The molecular formula is C38H48N2O8.